The third-order valence-corrected chi connectivity index (χ3v) is 3.09. The van der Waals surface area contributed by atoms with Crippen molar-refractivity contribution in [2.24, 2.45) is 11.7 Å². The summed E-state index contributed by atoms with van der Waals surface area (Å²) in [6.07, 6.45) is 6.05. The number of nitrogens with zero attached hydrogens (tertiary/aromatic N) is 3. The largest absolute Gasteiger partial charge is 0.354 e. The average Bonchev–Trinajstić information content (AvgIpc) is 3.03. The Balaban J connectivity index is 2.18. The highest BCUT2D eigenvalue weighted by Crippen LogP contribution is 2.35. The molecule has 1 aromatic rings. The molecule has 0 saturated heterocycles. The Morgan fingerprint density at radius 2 is 2.13 bits per heavy atom. The lowest BCUT2D eigenvalue weighted by Gasteiger charge is -2.28. The highest BCUT2D eigenvalue weighted by Gasteiger charge is 2.33. The van der Waals surface area contributed by atoms with Gasteiger partial charge >= 0.3 is 0 Å². The summed E-state index contributed by atoms with van der Waals surface area (Å²) in [4.78, 5) is 10.8. The van der Waals surface area contributed by atoms with E-state index < -0.39 is 0 Å². The molecule has 15 heavy (non-hydrogen) atoms. The molecule has 1 aromatic heterocycles. The fourth-order valence-electron chi connectivity index (χ4n) is 2.05. The van der Waals surface area contributed by atoms with Crippen LogP contribution in [0.25, 0.3) is 0 Å². The molecular weight excluding hydrogens is 188 g/mol. The smallest absolute Gasteiger partial charge is 0.150 e. The first kappa shape index (κ1) is 10.4. The van der Waals surface area contributed by atoms with E-state index in [9.17, 15) is 0 Å². The van der Waals surface area contributed by atoms with Crippen molar-refractivity contribution in [3.05, 3.63) is 18.1 Å². The van der Waals surface area contributed by atoms with E-state index in [0.717, 1.165) is 17.4 Å². The van der Waals surface area contributed by atoms with Crippen LogP contribution in [0.2, 0.25) is 0 Å². The summed E-state index contributed by atoms with van der Waals surface area (Å²) in [5, 5.41) is 0. The molecule has 4 heteroatoms. The lowest BCUT2D eigenvalue weighted by Crippen LogP contribution is -2.40. The van der Waals surface area contributed by atoms with Crippen LogP contribution in [0.4, 0.5) is 5.82 Å². The maximum Gasteiger partial charge on any atom is 0.150 e. The van der Waals surface area contributed by atoms with Crippen LogP contribution in [-0.4, -0.2) is 29.6 Å². The minimum absolute atomic E-state index is 0.417. The third-order valence-electron chi connectivity index (χ3n) is 3.09. The van der Waals surface area contributed by atoms with E-state index >= 15 is 0 Å². The highest BCUT2D eigenvalue weighted by atomic mass is 15.2. The molecule has 1 fully saturated rings. The van der Waals surface area contributed by atoms with Crippen molar-refractivity contribution < 1.29 is 0 Å². The van der Waals surface area contributed by atoms with Gasteiger partial charge in [0.1, 0.15) is 5.82 Å². The SMILES string of the molecule is Cc1nccnc1N(C)C(CN)C1CC1. The second-order valence-corrected chi connectivity index (χ2v) is 4.22. The van der Waals surface area contributed by atoms with Crippen molar-refractivity contribution in [2.45, 2.75) is 25.8 Å². The average molecular weight is 206 g/mol. The minimum atomic E-state index is 0.417. The summed E-state index contributed by atoms with van der Waals surface area (Å²) in [6, 6.07) is 0.417. The van der Waals surface area contributed by atoms with Crippen LogP contribution in [0.1, 0.15) is 18.5 Å². The lowest BCUT2D eigenvalue weighted by atomic mass is 10.1. The first-order chi connectivity index (χ1) is 7.24. The second kappa shape index (κ2) is 4.14. The van der Waals surface area contributed by atoms with Crippen LogP contribution >= 0.6 is 0 Å². The van der Waals surface area contributed by atoms with Crippen LogP contribution in [0.5, 0.6) is 0 Å². The standard InChI is InChI=1S/C11H18N4/c1-8-11(14-6-5-13-8)15(2)10(7-12)9-3-4-9/h5-6,9-10H,3-4,7,12H2,1-2H3. The minimum Gasteiger partial charge on any atom is -0.354 e. The monoisotopic (exact) mass is 206 g/mol. The second-order valence-electron chi connectivity index (χ2n) is 4.22. The zero-order valence-corrected chi connectivity index (χ0v) is 9.35. The molecule has 0 spiro atoms. The molecule has 0 aliphatic heterocycles. The quantitative estimate of drug-likeness (QED) is 0.797. The van der Waals surface area contributed by atoms with Crippen molar-refractivity contribution in [3.63, 3.8) is 0 Å². The normalized spacial score (nSPS) is 17.5. The number of hydrogen-bond acceptors (Lipinski definition) is 4. The molecule has 0 radical (unpaired) electrons. The molecule has 2 N–H and O–H groups in total. The van der Waals surface area contributed by atoms with E-state index in [0.29, 0.717) is 12.6 Å². The van der Waals surface area contributed by atoms with Gasteiger partial charge in [-0.25, -0.2) is 4.98 Å². The van der Waals surface area contributed by atoms with Gasteiger partial charge in [-0.1, -0.05) is 0 Å². The van der Waals surface area contributed by atoms with Crippen molar-refractivity contribution in [1.29, 1.82) is 0 Å². The van der Waals surface area contributed by atoms with Gasteiger partial charge in [0.05, 0.1) is 5.69 Å². The Hall–Kier alpha value is -1.16. The summed E-state index contributed by atoms with van der Waals surface area (Å²) in [5.41, 5.74) is 6.78. The highest BCUT2D eigenvalue weighted by molar-refractivity contribution is 5.43. The summed E-state index contributed by atoms with van der Waals surface area (Å²) in [5.74, 6) is 1.71. The lowest BCUT2D eigenvalue weighted by molar-refractivity contribution is 0.564. The molecule has 1 atom stereocenters. The van der Waals surface area contributed by atoms with Gasteiger partial charge in [-0.15, -0.1) is 0 Å². The Morgan fingerprint density at radius 1 is 1.47 bits per heavy atom. The Labute approximate surface area is 90.5 Å². The number of likely N-dealkylation sites (N-methyl/N-ethyl adjacent to an activating group) is 1. The van der Waals surface area contributed by atoms with Crippen molar-refractivity contribution >= 4 is 5.82 Å². The van der Waals surface area contributed by atoms with Gasteiger partial charge in [0.25, 0.3) is 0 Å². The van der Waals surface area contributed by atoms with E-state index in [4.69, 9.17) is 5.73 Å². The molecule has 1 heterocycles. The van der Waals surface area contributed by atoms with E-state index in [1.165, 1.54) is 12.8 Å². The number of anilines is 1. The van der Waals surface area contributed by atoms with Crippen molar-refractivity contribution in [2.75, 3.05) is 18.5 Å². The Kier molecular flexibility index (Phi) is 2.86. The maximum absolute atomic E-state index is 5.81. The summed E-state index contributed by atoms with van der Waals surface area (Å²) < 4.78 is 0. The predicted molar refractivity (Wildman–Crippen MR) is 60.7 cm³/mol. The number of hydrogen-bond donors (Lipinski definition) is 1. The third kappa shape index (κ3) is 2.09. The van der Waals surface area contributed by atoms with Crippen LogP contribution < -0.4 is 10.6 Å². The molecule has 1 aliphatic rings. The van der Waals surface area contributed by atoms with E-state index in [-0.39, 0.29) is 0 Å². The van der Waals surface area contributed by atoms with Crippen LogP contribution in [-0.2, 0) is 0 Å². The fourth-order valence-corrected chi connectivity index (χ4v) is 2.05. The van der Waals surface area contributed by atoms with Crippen LogP contribution in [0.15, 0.2) is 12.4 Å². The van der Waals surface area contributed by atoms with Gasteiger partial charge in [-0.05, 0) is 25.7 Å². The Bertz CT molecular complexity index is 335. The van der Waals surface area contributed by atoms with Crippen LogP contribution in [0.3, 0.4) is 0 Å². The fraction of sp³-hybridized carbons (Fsp3) is 0.636. The predicted octanol–water partition coefficient (Wildman–Crippen LogP) is 0.959. The molecule has 82 valence electrons. The Morgan fingerprint density at radius 3 is 2.67 bits per heavy atom. The van der Waals surface area contributed by atoms with Gasteiger partial charge in [0.15, 0.2) is 0 Å². The zero-order valence-electron chi connectivity index (χ0n) is 9.35. The summed E-state index contributed by atoms with van der Waals surface area (Å²) in [7, 11) is 2.06. The first-order valence-electron chi connectivity index (χ1n) is 5.44. The summed E-state index contributed by atoms with van der Waals surface area (Å²) in [6.45, 7) is 2.68. The number of rotatable bonds is 4. The molecule has 1 aliphatic carbocycles. The van der Waals surface area contributed by atoms with Gasteiger partial charge in [-0.2, -0.15) is 0 Å². The molecule has 4 nitrogen and oxygen atoms in total. The van der Waals surface area contributed by atoms with E-state index in [1.54, 1.807) is 12.4 Å². The topological polar surface area (TPSA) is 55.0 Å². The van der Waals surface area contributed by atoms with Crippen molar-refractivity contribution in [3.8, 4) is 0 Å². The van der Waals surface area contributed by atoms with E-state index in [2.05, 4.69) is 21.9 Å². The number of nitrogens with two attached hydrogens (primary N) is 1. The molecule has 0 bridgehead atoms. The van der Waals surface area contributed by atoms with Gasteiger partial charge in [-0.3, -0.25) is 4.98 Å². The van der Waals surface area contributed by atoms with Crippen LogP contribution in [0, 0.1) is 12.8 Å². The first-order valence-corrected chi connectivity index (χ1v) is 5.44. The number of aromatic nitrogens is 2. The van der Waals surface area contributed by atoms with Crippen molar-refractivity contribution in [1.82, 2.24) is 9.97 Å². The van der Waals surface area contributed by atoms with Gasteiger partial charge in [0.2, 0.25) is 0 Å². The number of aryl methyl sites for hydroxylation is 1. The van der Waals surface area contributed by atoms with Gasteiger partial charge < -0.3 is 10.6 Å². The molecule has 1 unspecified atom stereocenters. The summed E-state index contributed by atoms with van der Waals surface area (Å²) >= 11 is 0. The molecule has 0 amide bonds. The maximum atomic E-state index is 5.81. The van der Waals surface area contributed by atoms with E-state index in [1.807, 2.05) is 6.92 Å². The molecule has 2 rings (SSSR count). The zero-order chi connectivity index (χ0) is 10.8. The molecule has 0 aromatic carbocycles. The molecule has 1 saturated carbocycles. The van der Waals surface area contributed by atoms with Gasteiger partial charge in [0, 0.05) is 32.0 Å². The molecular formula is C11H18N4.